The lowest BCUT2D eigenvalue weighted by Gasteiger charge is -2.21. The Morgan fingerprint density at radius 2 is 2.08 bits per heavy atom. The van der Waals surface area contributed by atoms with E-state index in [9.17, 15) is 13.2 Å². The molecular formula is C17H19N3O3S2. The highest BCUT2D eigenvalue weighted by atomic mass is 32.2. The van der Waals surface area contributed by atoms with E-state index in [4.69, 9.17) is 5.26 Å². The molecule has 2 rings (SSSR count). The molecule has 25 heavy (non-hydrogen) atoms. The van der Waals surface area contributed by atoms with Crippen molar-refractivity contribution in [1.29, 1.82) is 5.26 Å². The number of benzene rings is 1. The van der Waals surface area contributed by atoms with Crippen molar-refractivity contribution in [2.24, 2.45) is 0 Å². The van der Waals surface area contributed by atoms with E-state index in [1.807, 2.05) is 13.0 Å². The maximum atomic E-state index is 12.3. The molecule has 132 valence electrons. The Kier molecular flexibility index (Phi) is 6.31. The summed E-state index contributed by atoms with van der Waals surface area (Å²) in [6, 6.07) is 12.1. The molecule has 0 spiro atoms. The van der Waals surface area contributed by atoms with Gasteiger partial charge in [0.05, 0.1) is 11.6 Å². The predicted molar refractivity (Wildman–Crippen MR) is 98.1 cm³/mol. The summed E-state index contributed by atoms with van der Waals surface area (Å²) in [4.78, 5) is 14.3. The minimum Gasteiger partial charge on any atom is -0.311 e. The lowest BCUT2D eigenvalue weighted by molar-refractivity contribution is -0.116. The topological polar surface area (TPSA) is 90.3 Å². The van der Waals surface area contributed by atoms with Crippen LogP contribution in [-0.4, -0.2) is 27.4 Å². The number of rotatable bonds is 7. The van der Waals surface area contributed by atoms with E-state index in [2.05, 4.69) is 4.72 Å². The van der Waals surface area contributed by atoms with Gasteiger partial charge in [0.25, 0.3) is 0 Å². The van der Waals surface area contributed by atoms with Crippen LogP contribution in [0.25, 0.3) is 0 Å². The Morgan fingerprint density at radius 1 is 1.32 bits per heavy atom. The molecule has 0 atom stereocenters. The normalized spacial score (nSPS) is 11.1. The average molecular weight is 377 g/mol. The van der Waals surface area contributed by atoms with Crippen molar-refractivity contribution in [3.8, 4) is 6.07 Å². The monoisotopic (exact) mass is 377 g/mol. The van der Waals surface area contributed by atoms with Crippen molar-refractivity contribution in [2.45, 2.75) is 24.5 Å². The zero-order chi connectivity index (χ0) is 18.4. The van der Waals surface area contributed by atoms with E-state index in [-0.39, 0.29) is 23.2 Å². The Bertz CT molecular complexity index is 898. The van der Waals surface area contributed by atoms with E-state index in [0.717, 1.165) is 11.3 Å². The second-order valence-electron chi connectivity index (χ2n) is 5.30. The number of hydrogen-bond donors (Lipinski definition) is 1. The molecule has 1 N–H and O–H groups in total. The highest BCUT2D eigenvalue weighted by Gasteiger charge is 2.18. The molecule has 0 saturated carbocycles. The van der Waals surface area contributed by atoms with E-state index < -0.39 is 10.0 Å². The lowest BCUT2D eigenvalue weighted by Crippen LogP contribution is -2.37. The molecule has 1 aromatic heterocycles. The summed E-state index contributed by atoms with van der Waals surface area (Å²) >= 11 is 1.24. The smallest absolute Gasteiger partial charge is 0.250 e. The van der Waals surface area contributed by atoms with Gasteiger partial charge in [0.1, 0.15) is 4.21 Å². The van der Waals surface area contributed by atoms with Gasteiger partial charge in [-0.1, -0.05) is 13.0 Å². The molecule has 0 fully saturated rings. The van der Waals surface area contributed by atoms with Crippen LogP contribution in [0.15, 0.2) is 40.6 Å². The Hall–Kier alpha value is -2.21. The average Bonchev–Trinajstić information content (AvgIpc) is 3.08. The maximum absolute atomic E-state index is 12.3. The van der Waals surface area contributed by atoms with Gasteiger partial charge >= 0.3 is 0 Å². The van der Waals surface area contributed by atoms with Crippen LogP contribution in [0.3, 0.4) is 0 Å². The quantitative estimate of drug-likeness (QED) is 0.803. The molecule has 0 aliphatic rings. The molecule has 1 heterocycles. The van der Waals surface area contributed by atoms with Gasteiger partial charge in [-0.15, -0.1) is 11.3 Å². The number of sulfonamides is 1. The zero-order valence-corrected chi connectivity index (χ0v) is 15.7. The third kappa shape index (κ3) is 4.89. The van der Waals surface area contributed by atoms with Gasteiger partial charge in [0, 0.05) is 30.6 Å². The summed E-state index contributed by atoms with van der Waals surface area (Å²) in [6.07, 6.45) is 0.785. The second-order valence-corrected chi connectivity index (χ2v) is 8.47. The first-order valence-electron chi connectivity index (χ1n) is 7.74. The Morgan fingerprint density at radius 3 is 2.68 bits per heavy atom. The largest absolute Gasteiger partial charge is 0.311 e. The third-order valence-electron chi connectivity index (χ3n) is 3.54. The molecular weight excluding hydrogens is 358 g/mol. The molecule has 0 aliphatic carbocycles. The number of aryl methyl sites for hydroxylation is 1. The first kappa shape index (κ1) is 19.1. The summed E-state index contributed by atoms with van der Waals surface area (Å²) in [5.74, 6) is -0.223. The fourth-order valence-electron chi connectivity index (χ4n) is 2.27. The number of hydrogen-bond acceptors (Lipinski definition) is 5. The number of anilines is 1. The highest BCUT2D eigenvalue weighted by molar-refractivity contribution is 7.91. The summed E-state index contributed by atoms with van der Waals surface area (Å²) in [7, 11) is -3.59. The van der Waals surface area contributed by atoms with Crippen molar-refractivity contribution >= 4 is 33.0 Å². The van der Waals surface area contributed by atoms with Crippen LogP contribution >= 0.6 is 11.3 Å². The zero-order valence-electron chi connectivity index (χ0n) is 14.0. The first-order valence-corrected chi connectivity index (χ1v) is 10.0. The van der Waals surface area contributed by atoms with E-state index in [0.29, 0.717) is 11.3 Å². The standard InChI is InChI=1S/C17H19N3O3S2/c1-3-16-7-8-17(24-16)25(22,23)19-9-10-20(13(2)21)15-6-4-5-14(11-15)12-18/h4-8,11,19H,3,9-10H2,1-2H3. The van der Waals surface area contributed by atoms with Crippen LogP contribution in [0.4, 0.5) is 5.69 Å². The minimum atomic E-state index is -3.59. The lowest BCUT2D eigenvalue weighted by atomic mass is 10.2. The van der Waals surface area contributed by atoms with Gasteiger partial charge < -0.3 is 4.90 Å². The molecule has 0 radical (unpaired) electrons. The van der Waals surface area contributed by atoms with E-state index in [1.165, 1.54) is 23.2 Å². The molecule has 2 aromatic rings. The summed E-state index contributed by atoms with van der Waals surface area (Å²) in [6.45, 7) is 3.63. The second kappa shape index (κ2) is 8.25. The van der Waals surface area contributed by atoms with Crippen LogP contribution in [-0.2, 0) is 21.2 Å². The molecule has 0 bridgehead atoms. The molecule has 1 amide bonds. The fourth-order valence-corrected chi connectivity index (χ4v) is 4.63. The van der Waals surface area contributed by atoms with Gasteiger partial charge in [0.15, 0.2) is 0 Å². The number of nitrogens with one attached hydrogen (secondary N) is 1. The van der Waals surface area contributed by atoms with Crippen LogP contribution in [0.5, 0.6) is 0 Å². The van der Waals surface area contributed by atoms with Crippen LogP contribution in [0, 0.1) is 11.3 Å². The van der Waals surface area contributed by atoms with Gasteiger partial charge in [0.2, 0.25) is 15.9 Å². The number of nitriles is 1. The molecule has 8 heteroatoms. The molecule has 0 saturated heterocycles. The van der Waals surface area contributed by atoms with Crippen LogP contribution in [0.2, 0.25) is 0 Å². The number of amides is 1. The maximum Gasteiger partial charge on any atom is 0.250 e. The minimum absolute atomic E-state index is 0.0814. The van der Waals surface area contributed by atoms with Crippen molar-refractivity contribution in [3.63, 3.8) is 0 Å². The summed E-state index contributed by atoms with van der Waals surface area (Å²) in [5.41, 5.74) is 1.00. The van der Waals surface area contributed by atoms with E-state index in [1.54, 1.807) is 36.4 Å². The SMILES string of the molecule is CCc1ccc(S(=O)(=O)NCCN(C(C)=O)c2cccc(C#N)c2)s1. The van der Waals surface area contributed by atoms with Crippen molar-refractivity contribution in [3.05, 3.63) is 46.8 Å². The number of nitrogens with zero attached hydrogens (tertiary/aromatic N) is 2. The predicted octanol–water partition coefficient (Wildman–Crippen LogP) is 2.51. The highest BCUT2D eigenvalue weighted by Crippen LogP contribution is 2.21. The Balaban J connectivity index is 2.06. The van der Waals surface area contributed by atoms with Gasteiger partial charge in [-0.05, 0) is 36.8 Å². The van der Waals surface area contributed by atoms with Crippen molar-refractivity contribution in [2.75, 3.05) is 18.0 Å². The van der Waals surface area contributed by atoms with Gasteiger partial charge in [-0.3, -0.25) is 4.79 Å². The number of carbonyl (C=O) groups is 1. The van der Waals surface area contributed by atoms with Crippen LogP contribution in [0.1, 0.15) is 24.3 Å². The van der Waals surface area contributed by atoms with Crippen LogP contribution < -0.4 is 9.62 Å². The number of thiophene rings is 1. The Labute approximate surface area is 151 Å². The first-order chi connectivity index (χ1) is 11.9. The van der Waals surface area contributed by atoms with E-state index >= 15 is 0 Å². The van der Waals surface area contributed by atoms with Crippen molar-refractivity contribution in [1.82, 2.24) is 4.72 Å². The summed E-state index contributed by atoms with van der Waals surface area (Å²) < 4.78 is 27.4. The molecule has 6 nitrogen and oxygen atoms in total. The molecule has 1 aromatic carbocycles. The van der Waals surface area contributed by atoms with Gasteiger partial charge in [-0.2, -0.15) is 5.26 Å². The summed E-state index contributed by atoms with van der Waals surface area (Å²) in [5, 5.41) is 8.97. The molecule has 0 unspecified atom stereocenters. The number of carbonyl (C=O) groups excluding carboxylic acids is 1. The fraction of sp³-hybridized carbons (Fsp3) is 0.294. The third-order valence-corrected chi connectivity index (χ3v) is 6.73. The van der Waals surface area contributed by atoms with Gasteiger partial charge in [-0.25, -0.2) is 13.1 Å². The van der Waals surface area contributed by atoms with Crippen molar-refractivity contribution < 1.29 is 13.2 Å². The molecule has 0 aliphatic heterocycles.